The van der Waals surface area contributed by atoms with E-state index in [0.717, 1.165) is 64.0 Å². The first-order valence-corrected chi connectivity index (χ1v) is 14.9. The summed E-state index contributed by atoms with van der Waals surface area (Å²) >= 11 is 4.04. The van der Waals surface area contributed by atoms with Crippen LogP contribution in [0.3, 0.4) is 0 Å². The Balaban J connectivity index is 1.49. The molecule has 0 aromatic carbocycles. The first-order valence-electron chi connectivity index (χ1n) is 14.0. The largest absolute Gasteiger partial charge is 0.103 e. The van der Waals surface area contributed by atoms with E-state index >= 15 is 0 Å². The van der Waals surface area contributed by atoms with Gasteiger partial charge in [0.25, 0.3) is 0 Å². The maximum absolute atomic E-state index is 4.44. The third kappa shape index (κ3) is 3.90. The fourth-order valence-electron chi connectivity index (χ4n) is 10.2. The molecule has 1 heteroatoms. The van der Waals surface area contributed by atoms with Gasteiger partial charge in [-0.25, -0.2) is 0 Å². The molecule has 0 aliphatic heterocycles. The topological polar surface area (TPSA) is 0 Å². The van der Waals surface area contributed by atoms with Crippen molar-refractivity contribution in [3.05, 3.63) is 12.7 Å². The summed E-state index contributed by atoms with van der Waals surface area (Å²) in [4.78, 5) is 0.808. The molecule has 0 saturated heterocycles. The van der Waals surface area contributed by atoms with Crippen LogP contribution in [0.2, 0.25) is 0 Å². The van der Waals surface area contributed by atoms with Crippen molar-refractivity contribution in [2.24, 2.45) is 59.2 Å². The van der Waals surface area contributed by atoms with Gasteiger partial charge < -0.3 is 0 Å². The second-order valence-corrected chi connectivity index (χ2v) is 13.4. The number of alkyl halides is 1. The second-order valence-electron chi connectivity index (χ2n) is 12.2. The average Bonchev–Trinajstić information content (AvgIpc) is 2.78. The lowest BCUT2D eigenvalue weighted by atomic mass is 9.43. The molecule has 0 spiro atoms. The van der Waals surface area contributed by atoms with Crippen LogP contribution in [0.1, 0.15) is 103 Å². The Morgan fingerprint density at radius 2 is 1.40 bits per heavy atom. The fourth-order valence-corrected chi connectivity index (χ4v) is 11.0. The molecule has 0 heterocycles. The van der Waals surface area contributed by atoms with Crippen LogP contribution in [0.4, 0.5) is 0 Å². The molecule has 0 radical (unpaired) electrons. The van der Waals surface area contributed by atoms with Gasteiger partial charge in [0.2, 0.25) is 0 Å². The van der Waals surface area contributed by atoms with E-state index in [1.165, 1.54) is 70.6 Å². The van der Waals surface area contributed by atoms with E-state index in [4.69, 9.17) is 0 Å². The Kier molecular flexibility index (Phi) is 7.05. The molecule has 5 rings (SSSR count). The van der Waals surface area contributed by atoms with Crippen LogP contribution in [0.5, 0.6) is 0 Å². The van der Waals surface area contributed by atoms with Gasteiger partial charge in [-0.3, -0.25) is 0 Å². The Bertz CT molecular complexity index is 583. The number of rotatable bonds is 4. The minimum atomic E-state index is 0.808. The maximum Gasteiger partial charge on any atom is 0.0148 e. The molecule has 5 fully saturated rings. The van der Waals surface area contributed by atoms with E-state index in [-0.39, 0.29) is 0 Å². The fraction of sp³-hybridized carbons (Fsp3) is 0.931. The van der Waals surface area contributed by atoms with Crippen molar-refractivity contribution in [2.75, 3.05) is 0 Å². The van der Waals surface area contributed by atoms with Crippen molar-refractivity contribution in [1.82, 2.24) is 0 Å². The van der Waals surface area contributed by atoms with E-state index in [1.807, 2.05) is 0 Å². The van der Waals surface area contributed by atoms with E-state index in [1.54, 1.807) is 25.7 Å². The summed E-state index contributed by atoms with van der Waals surface area (Å²) < 4.78 is 0. The van der Waals surface area contributed by atoms with Crippen molar-refractivity contribution >= 4 is 15.9 Å². The first kappa shape index (κ1) is 22.0. The van der Waals surface area contributed by atoms with Crippen molar-refractivity contribution in [1.29, 1.82) is 0 Å². The summed E-state index contributed by atoms with van der Waals surface area (Å²) in [5.41, 5.74) is 0. The monoisotopic (exact) mass is 474 g/mol. The van der Waals surface area contributed by atoms with Gasteiger partial charge in [0.1, 0.15) is 0 Å². The average molecular weight is 476 g/mol. The number of allylic oxidation sites excluding steroid dienone is 1. The number of hydrogen-bond acceptors (Lipinski definition) is 0. The lowest BCUT2D eigenvalue weighted by Crippen LogP contribution is -2.56. The first-order chi connectivity index (χ1) is 14.7. The third-order valence-corrected chi connectivity index (χ3v) is 11.8. The van der Waals surface area contributed by atoms with Crippen LogP contribution in [0.25, 0.3) is 0 Å². The smallest absolute Gasteiger partial charge is 0.0148 e. The zero-order valence-corrected chi connectivity index (χ0v) is 21.2. The van der Waals surface area contributed by atoms with Crippen molar-refractivity contribution in [2.45, 2.75) is 108 Å². The van der Waals surface area contributed by atoms with Gasteiger partial charge in [-0.1, -0.05) is 73.9 Å². The highest BCUT2D eigenvalue weighted by molar-refractivity contribution is 9.09. The van der Waals surface area contributed by atoms with Gasteiger partial charge in [0, 0.05) is 4.83 Å². The van der Waals surface area contributed by atoms with Crippen LogP contribution in [0, 0.1) is 59.2 Å². The molecule has 170 valence electrons. The summed E-state index contributed by atoms with van der Waals surface area (Å²) in [6, 6.07) is 0. The molecule has 0 aromatic rings. The van der Waals surface area contributed by atoms with Gasteiger partial charge in [0.05, 0.1) is 0 Å². The Morgan fingerprint density at radius 3 is 2.07 bits per heavy atom. The molecule has 5 aliphatic rings. The quantitative estimate of drug-likeness (QED) is 0.281. The molecular formula is C29H47Br. The number of halogens is 1. The summed E-state index contributed by atoms with van der Waals surface area (Å²) in [6.07, 6.45) is 25.1. The Hall–Kier alpha value is 0.220. The SMILES string of the molecule is C=CC1C(CCC)C2C3CCCCC3C(C3CCCC(Br)C3)CC2C2CCCC[C@@H]12. The van der Waals surface area contributed by atoms with Crippen molar-refractivity contribution in [3.63, 3.8) is 0 Å². The minimum absolute atomic E-state index is 0.808. The van der Waals surface area contributed by atoms with Gasteiger partial charge in [0.15, 0.2) is 0 Å². The zero-order valence-electron chi connectivity index (χ0n) is 19.6. The zero-order chi connectivity index (χ0) is 20.7. The predicted molar refractivity (Wildman–Crippen MR) is 133 cm³/mol. The summed E-state index contributed by atoms with van der Waals surface area (Å²) in [5, 5.41) is 0. The molecule has 11 atom stereocenters. The molecule has 0 bridgehead atoms. The Morgan fingerprint density at radius 1 is 0.733 bits per heavy atom. The highest BCUT2D eigenvalue weighted by atomic mass is 79.9. The third-order valence-electron chi connectivity index (χ3n) is 11.0. The molecular weight excluding hydrogens is 428 g/mol. The molecule has 5 saturated carbocycles. The van der Waals surface area contributed by atoms with E-state index < -0.39 is 0 Å². The molecule has 10 unspecified atom stereocenters. The van der Waals surface area contributed by atoms with E-state index in [2.05, 4.69) is 35.5 Å². The lowest BCUT2D eigenvalue weighted by Gasteiger charge is -2.62. The van der Waals surface area contributed by atoms with Crippen LogP contribution in [-0.4, -0.2) is 4.83 Å². The molecule has 0 aromatic heterocycles. The van der Waals surface area contributed by atoms with Crippen molar-refractivity contribution < 1.29 is 0 Å². The van der Waals surface area contributed by atoms with Gasteiger partial charge in [-0.15, -0.1) is 6.58 Å². The normalized spacial score (nSPS) is 51.3. The Labute approximate surface area is 195 Å². The van der Waals surface area contributed by atoms with Gasteiger partial charge in [-0.05, 0) is 111 Å². The second kappa shape index (κ2) is 9.61. The molecule has 0 N–H and O–H groups in total. The van der Waals surface area contributed by atoms with E-state index in [0.29, 0.717) is 0 Å². The number of hydrogen-bond donors (Lipinski definition) is 0. The van der Waals surface area contributed by atoms with Gasteiger partial charge >= 0.3 is 0 Å². The summed E-state index contributed by atoms with van der Waals surface area (Å²) in [5.74, 6) is 10.1. The molecule has 0 amide bonds. The summed E-state index contributed by atoms with van der Waals surface area (Å²) in [7, 11) is 0. The predicted octanol–water partition coefficient (Wildman–Crippen LogP) is 9.04. The van der Waals surface area contributed by atoms with Crippen LogP contribution < -0.4 is 0 Å². The number of fused-ring (bicyclic) bond motifs is 5. The highest BCUT2D eigenvalue weighted by Gasteiger charge is 2.57. The maximum atomic E-state index is 4.44. The van der Waals surface area contributed by atoms with Crippen LogP contribution in [0.15, 0.2) is 12.7 Å². The van der Waals surface area contributed by atoms with Crippen molar-refractivity contribution in [3.8, 4) is 0 Å². The van der Waals surface area contributed by atoms with E-state index in [9.17, 15) is 0 Å². The lowest BCUT2D eigenvalue weighted by molar-refractivity contribution is -0.130. The van der Waals surface area contributed by atoms with Gasteiger partial charge in [-0.2, -0.15) is 0 Å². The molecule has 30 heavy (non-hydrogen) atoms. The van der Waals surface area contributed by atoms with Crippen LogP contribution in [-0.2, 0) is 0 Å². The standard InChI is InChI=1S/C29H47Br/c1-3-10-25-21(4-2)22-13-5-6-14-23(22)28-18-27(19-11-9-12-20(30)17-19)24-15-7-8-16-26(24)29(25)28/h4,19-29H,2-3,5-18H2,1H3/t19?,20?,21?,22-,23?,24?,25?,26?,27?,28?,29?/m0/s1. The highest BCUT2D eigenvalue weighted by Crippen LogP contribution is 2.64. The summed E-state index contributed by atoms with van der Waals surface area (Å²) in [6.45, 7) is 6.89. The molecule has 5 aliphatic carbocycles. The minimum Gasteiger partial charge on any atom is -0.103 e. The molecule has 0 nitrogen and oxygen atoms in total. The van der Waals surface area contributed by atoms with Crippen LogP contribution >= 0.6 is 15.9 Å².